The molecule has 0 aromatic heterocycles. The molecule has 3 heteroatoms. The molecular formula is C17H33N3. The molecular weight excluding hydrogens is 246 g/mol. The van der Waals surface area contributed by atoms with E-state index in [-0.39, 0.29) is 0 Å². The summed E-state index contributed by atoms with van der Waals surface area (Å²) < 4.78 is 0. The molecule has 0 aromatic rings. The van der Waals surface area contributed by atoms with Crippen molar-refractivity contribution >= 4 is 0 Å². The van der Waals surface area contributed by atoms with Crippen LogP contribution in [0.25, 0.3) is 0 Å². The minimum Gasteiger partial charge on any atom is -0.316 e. The largest absolute Gasteiger partial charge is 0.316 e. The number of hydrogen-bond acceptors (Lipinski definition) is 3. The number of rotatable bonds is 3. The van der Waals surface area contributed by atoms with Gasteiger partial charge in [-0.15, -0.1) is 0 Å². The number of hydrogen-bond donors (Lipinski definition) is 1. The number of nitrogens with one attached hydrogen (secondary N) is 1. The second-order valence-corrected chi connectivity index (χ2v) is 8.15. The van der Waals surface area contributed by atoms with E-state index in [1.165, 1.54) is 51.7 Å². The first-order valence-electron chi connectivity index (χ1n) is 8.63. The standard InChI is InChI=1S/C17H33N3/c1-17(2)9-7-13(16(17)18-3)11-20-10-8-14-5-6-15(12-20)19(14)4/h13-16,18H,5-12H2,1-4H3. The van der Waals surface area contributed by atoms with Crippen LogP contribution >= 0.6 is 0 Å². The summed E-state index contributed by atoms with van der Waals surface area (Å²) in [6.07, 6.45) is 7.02. The first kappa shape index (κ1) is 14.8. The Bertz CT molecular complexity index is 341. The molecule has 0 radical (unpaired) electrons. The highest BCUT2D eigenvalue weighted by molar-refractivity contribution is 4.98. The van der Waals surface area contributed by atoms with Crippen molar-refractivity contribution in [3.8, 4) is 0 Å². The van der Waals surface area contributed by atoms with Crippen molar-refractivity contribution in [1.82, 2.24) is 15.1 Å². The van der Waals surface area contributed by atoms with Gasteiger partial charge in [-0.2, -0.15) is 0 Å². The highest BCUT2D eigenvalue weighted by Crippen LogP contribution is 2.42. The molecule has 116 valence electrons. The Morgan fingerprint density at radius 1 is 1.10 bits per heavy atom. The summed E-state index contributed by atoms with van der Waals surface area (Å²) in [5.74, 6) is 0.844. The highest BCUT2D eigenvalue weighted by Gasteiger charge is 2.42. The average Bonchev–Trinajstić information content (AvgIpc) is 2.80. The van der Waals surface area contributed by atoms with Gasteiger partial charge >= 0.3 is 0 Å². The molecule has 3 rings (SSSR count). The Kier molecular flexibility index (Phi) is 4.13. The van der Waals surface area contributed by atoms with Gasteiger partial charge in [0.15, 0.2) is 0 Å². The Morgan fingerprint density at radius 3 is 2.60 bits per heavy atom. The molecule has 2 aliphatic heterocycles. The highest BCUT2D eigenvalue weighted by atomic mass is 15.3. The molecule has 4 unspecified atom stereocenters. The number of likely N-dealkylation sites (tertiary alicyclic amines) is 1. The number of likely N-dealkylation sites (N-methyl/N-ethyl adjacent to an activating group) is 1. The van der Waals surface area contributed by atoms with Crippen LogP contribution in [0, 0.1) is 11.3 Å². The zero-order valence-electron chi connectivity index (χ0n) is 13.9. The molecule has 3 nitrogen and oxygen atoms in total. The van der Waals surface area contributed by atoms with Gasteiger partial charge in [-0.3, -0.25) is 4.90 Å². The summed E-state index contributed by atoms with van der Waals surface area (Å²) >= 11 is 0. The summed E-state index contributed by atoms with van der Waals surface area (Å²) in [7, 11) is 4.50. The minimum atomic E-state index is 0.473. The van der Waals surface area contributed by atoms with Gasteiger partial charge in [-0.05, 0) is 64.1 Å². The molecule has 2 bridgehead atoms. The number of fused-ring (bicyclic) bond motifs is 2. The van der Waals surface area contributed by atoms with Gasteiger partial charge in [-0.25, -0.2) is 0 Å². The van der Waals surface area contributed by atoms with Gasteiger partial charge in [0.25, 0.3) is 0 Å². The third kappa shape index (κ3) is 2.65. The molecule has 4 atom stereocenters. The number of nitrogens with zero attached hydrogens (tertiary/aromatic N) is 2. The molecule has 3 fully saturated rings. The predicted molar refractivity (Wildman–Crippen MR) is 85.0 cm³/mol. The van der Waals surface area contributed by atoms with Crippen molar-refractivity contribution in [2.24, 2.45) is 11.3 Å². The lowest BCUT2D eigenvalue weighted by molar-refractivity contribution is 0.172. The minimum absolute atomic E-state index is 0.473. The first-order valence-corrected chi connectivity index (χ1v) is 8.63. The molecule has 2 heterocycles. The Morgan fingerprint density at radius 2 is 1.85 bits per heavy atom. The van der Waals surface area contributed by atoms with E-state index >= 15 is 0 Å². The van der Waals surface area contributed by atoms with Crippen LogP contribution in [0.2, 0.25) is 0 Å². The van der Waals surface area contributed by atoms with E-state index in [0.29, 0.717) is 11.5 Å². The summed E-state index contributed by atoms with van der Waals surface area (Å²) in [4.78, 5) is 5.44. The average molecular weight is 279 g/mol. The van der Waals surface area contributed by atoms with Crippen molar-refractivity contribution < 1.29 is 0 Å². The maximum absolute atomic E-state index is 3.62. The zero-order valence-corrected chi connectivity index (χ0v) is 13.9. The molecule has 1 N–H and O–H groups in total. The van der Waals surface area contributed by atoms with Crippen molar-refractivity contribution in [1.29, 1.82) is 0 Å². The molecule has 20 heavy (non-hydrogen) atoms. The van der Waals surface area contributed by atoms with Gasteiger partial charge in [-0.1, -0.05) is 13.8 Å². The van der Waals surface area contributed by atoms with Crippen LogP contribution in [0.15, 0.2) is 0 Å². The molecule has 0 aromatic carbocycles. The van der Waals surface area contributed by atoms with Crippen LogP contribution in [0.3, 0.4) is 0 Å². The van der Waals surface area contributed by atoms with E-state index in [9.17, 15) is 0 Å². The lowest BCUT2D eigenvalue weighted by Gasteiger charge is -2.34. The maximum atomic E-state index is 3.62. The van der Waals surface area contributed by atoms with Crippen molar-refractivity contribution in [3.05, 3.63) is 0 Å². The van der Waals surface area contributed by atoms with E-state index in [4.69, 9.17) is 0 Å². The summed E-state index contributed by atoms with van der Waals surface area (Å²) in [5, 5.41) is 3.62. The van der Waals surface area contributed by atoms with Gasteiger partial charge in [0.1, 0.15) is 0 Å². The van der Waals surface area contributed by atoms with Crippen LogP contribution in [0.1, 0.15) is 46.0 Å². The molecule has 0 spiro atoms. The van der Waals surface area contributed by atoms with Crippen LogP contribution in [0.5, 0.6) is 0 Å². The van der Waals surface area contributed by atoms with Crippen LogP contribution in [-0.2, 0) is 0 Å². The quantitative estimate of drug-likeness (QED) is 0.854. The predicted octanol–water partition coefficient (Wildman–Crippen LogP) is 2.18. The molecule has 3 aliphatic rings. The fraction of sp³-hybridized carbons (Fsp3) is 1.00. The Labute approximate surface area is 125 Å². The molecule has 0 amide bonds. The fourth-order valence-corrected chi connectivity index (χ4v) is 5.22. The van der Waals surface area contributed by atoms with Crippen molar-refractivity contribution in [2.75, 3.05) is 33.7 Å². The van der Waals surface area contributed by atoms with Crippen molar-refractivity contribution in [2.45, 2.75) is 64.1 Å². The maximum Gasteiger partial charge on any atom is 0.0223 e. The zero-order chi connectivity index (χ0) is 14.3. The van der Waals surface area contributed by atoms with E-state index in [0.717, 1.165) is 18.0 Å². The Hall–Kier alpha value is -0.120. The van der Waals surface area contributed by atoms with Crippen LogP contribution in [0.4, 0.5) is 0 Å². The van der Waals surface area contributed by atoms with Gasteiger partial charge in [0, 0.05) is 31.2 Å². The molecule has 1 aliphatic carbocycles. The topological polar surface area (TPSA) is 18.5 Å². The van der Waals surface area contributed by atoms with Crippen LogP contribution in [-0.4, -0.2) is 61.7 Å². The second kappa shape index (κ2) is 5.58. The van der Waals surface area contributed by atoms with E-state index in [1.807, 2.05) is 0 Å². The van der Waals surface area contributed by atoms with E-state index in [1.54, 1.807) is 0 Å². The molecule has 2 saturated heterocycles. The van der Waals surface area contributed by atoms with Gasteiger partial charge < -0.3 is 10.2 Å². The second-order valence-electron chi connectivity index (χ2n) is 8.15. The first-order chi connectivity index (χ1) is 9.51. The fourth-order valence-electron chi connectivity index (χ4n) is 5.22. The summed E-state index contributed by atoms with van der Waals surface area (Å²) in [5.41, 5.74) is 0.473. The smallest absolute Gasteiger partial charge is 0.0223 e. The molecule has 1 saturated carbocycles. The van der Waals surface area contributed by atoms with Gasteiger partial charge in [0.2, 0.25) is 0 Å². The van der Waals surface area contributed by atoms with E-state index in [2.05, 4.69) is 43.1 Å². The lowest BCUT2D eigenvalue weighted by atomic mass is 9.84. The SMILES string of the molecule is CNC1C(CN2CCC3CCC(C2)N3C)CCC1(C)C. The monoisotopic (exact) mass is 279 g/mol. The van der Waals surface area contributed by atoms with Gasteiger partial charge in [0.05, 0.1) is 0 Å². The third-order valence-corrected chi connectivity index (χ3v) is 6.51. The van der Waals surface area contributed by atoms with E-state index < -0.39 is 0 Å². The normalized spacial score (nSPS) is 42.0. The summed E-state index contributed by atoms with van der Waals surface area (Å²) in [6.45, 7) is 8.81. The van der Waals surface area contributed by atoms with Crippen molar-refractivity contribution in [3.63, 3.8) is 0 Å². The van der Waals surface area contributed by atoms with Crippen LogP contribution < -0.4 is 5.32 Å². The lowest BCUT2D eigenvalue weighted by Crippen LogP contribution is -2.45. The third-order valence-electron chi connectivity index (χ3n) is 6.51. The summed E-state index contributed by atoms with van der Waals surface area (Å²) in [6, 6.07) is 2.38. The Balaban J connectivity index is 1.61.